The van der Waals surface area contributed by atoms with Crippen LogP contribution in [0.1, 0.15) is 26.7 Å². The molecule has 6 nitrogen and oxygen atoms in total. The monoisotopic (exact) mass is 701 g/mol. The van der Waals surface area contributed by atoms with Gasteiger partial charge in [0.15, 0.2) is 0 Å². The van der Waals surface area contributed by atoms with Gasteiger partial charge in [-0.3, -0.25) is 14.4 Å². The molecule has 242 valence electrons. The summed E-state index contributed by atoms with van der Waals surface area (Å²) in [5.74, 6) is -1.17. The fourth-order valence-corrected chi connectivity index (χ4v) is 6.50. The van der Waals surface area contributed by atoms with E-state index in [4.69, 9.17) is 23.2 Å². The molecule has 6 rings (SSSR count). The van der Waals surface area contributed by atoms with Gasteiger partial charge in [-0.1, -0.05) is 120 Å². The highest BCUT2D eigenvalue weighted by molar-refractivity contribution is 8.00. The fraction of sp³-hybridized carbons (Fsp3) is 0.0250. The highest BCUT2D eigenvalue weighted by Gasteiger charge is 2.23. The molecule has 0 saturated heterocycles. The number of hydrogen-bond acceptors (Lipinski definition) is 4. The molecule has 0 aliphatic rings. The lowest BCUT2D eigenvalue weighted by molar-refractivity contribution is -0.116. The summed E-state index contributed by atoms with van der Waals surface area (Å²) in [6.45, 7) is 0. The van der Waals surface area contributed by atoms with Crippen LogP contribution in [0.3, 0.4) is 0 Å². The number of thioether (sulfide) groups is 1. The van der Waals surface area contributed by atoms with Crippen molar-refractivity contribution in [2.45, 2.75) is 10.1 Å². The average Bonchev–Trinajstić information content (AvgIpc) is 3.13. The predicted molar refractivity (Wildman–Crippen MR) is 201 cm³/mol. The third-order valence-corrected chi connectivity index (χ3v) is 9.66. The molecule has 6 aromatic rings. The zero-order chi connectivity index (χ0) is 34.2. The predicted octanol–water partition coefficient (Wildman–Crippen LogP) is 10.0. The lowest BCUT2D eigenvalue weighted by atomic mass is 10.1. The normalized spacial score (nSPS) is 11.8. The molecule has 3 amide bonds. The molecular formula is C40H29Cl2N3O3S. The molecule has 9 heteroatoms. The Morgan fingerprint density at radius 1 is 0.653 bits per heavy atom. The van der Waals surface area contributed by atoms with Crippen LogP contribution in [-0.2, 0) is 9.59 Å². The SMILES string of the molecule is O=C(Nc1ccc(SC(C(=O)Nc2cccc3ccccc23)c2ccccc2)cc1)/C(=C/c1cccc(Cl)c1Cl)NC(=O)c1ccccc1. The van der Waals surface area contributed by atoms with E-state index in [1.807, 2.05) is 84.9 Å². The summed E-state index contributed by atoms with van der Waals surface area (Å²) >= 11 is 14.0. The molecule has 0 bridgehead atoms. The van der Waals surface area contributed by atoms with Crippen LogP contribution in [0.25, 0.3) is 16.8 Å². The minimum atomic E-state index is -0.558. The smallest absolute Gasteiger partial charge is 0.272 e. The van der Waals surface area contributed by atoms with Gasteiger partial charge in [0.1, 0.15) is 10.9 Å². The van der Waals surface area contributed by atoms with Gasteiger partial charge in [-0.05, 0) is 71.1 Å². The van der Waals surface area contributed by atoms with Crippen LogP contribution >= 0.6 is 35.0 Å². The highest BCUT2D eigenvalue weighted by Crippen LogP contribution is 2.37. The number of halogens is 2. The Morgan fingerprint density at radius 3 is 2.06 bits per heavy atom. The number of nitrogens with one attached hydrogen (secondary N) is 3. The average molecular weight is 703 g/mol. The molecule has 0 aromatic heterocycles. The summed E-state index contributed by atoms with van der Waals surface area (Å²) < 4.78 is 0. The van der Waals surface area contributed by atoms with Gasteiger partial charge in [-0.25, -0.2) is 0 Å². The Labute approximate surface area is 298 Å². The van der Waals surface area contributed by atoms with E-state index in [0.29, 0.717) is 21.8 Å². The number of benzene rings is 6. The molecule has 6 aromatic carbocycles. The maximum absolute atomic E-state index is 13.8. The lowest BCUT2D eigenvalue weighted by Crippen LogP contribution is -2.30. The number of rotatable bonds is 10. The fourth-order valence-electron chi connectivity index (χ4n) is 5.11. The second-order valence-electron chi connectivity index (χ2n) is 10.9. The van der Waals surface area contributed by atoms with E-state index in [0.717, 1.165) is 26.9 Å². The first-order chi connectivity index (χ1) is 23.9. The van der Waals surface area contributed by atoms with Crippen molar-refractivity contribution >= 4 is 80.9 Å². The van der Waals surface area contributed by atoms with Crippen LogP contribution in [0.2, 0.25) is 10.0 Å². The van der Waals surface area contributed by atoms with E-state index in [-0.39, 0.29) is 16.6 Å². The molecule has 1 unspecified atom stereocenters. The molecule has 0 saturated carbocycles. The molecule has 0 fully saturated rings. The molecule has 0 aliphatic heterocycles. The second-order valence-corrected chi connectivity index (χ2v) is 12.9. The number of carbonyl (C=O) groups is 3. The van der Waals surface area contributed by atoms with E-state index < -0.39 is 17.1 Å². The van der Waals surface area contributed by atoms with Gasteiger partial charge < -0.3 is 16.0 Å². The van der Waals surface area contributed by atoms with Crippen molar-refractivity contribution in [2.24, 2.45) is 0 Å². The van der Waals surface area contributed by atoms with E-state index in [9.17, 15) is 14.4 Å². The maximum Gasteiger partial charge on any atom is 0.272 e. The summed E-state index contributed by atoms with van der Waals surface area (Å²) in [6.07, 6.45) is 1.48. The number of amides is 3. The maximum atomic E-state index is 13.8. The van der Waals surface area contributed by atoms with Crippen molar-refractivity contribution in [1.82, 2.24) is 5.32 Å². The van der Waals surface area contributed by atoms with Gasteiger partial charge in [0.05, 0.1) is 10.0 Å². The lowest BCUT2D eigenvalue weighted by Gasteiger charge is -2.18. The van der Waals surface area contributed by atoms with Crippen molar-refractivity contribution in [3.63, 3.8) is 0 Å². The molecule has 0 aliphatic carbocycles. The van der Waals surface area contributed by atoms with E-state index in [1.54, 1.807) is 60.7 Å². The van der Waals surface area contributed by atoms with Crippen LogP contribution < -0.4 is 16.0 Å². The van der Waals surface area contributed by atoms with Crippen LogP contribution in [0.15, 0.2) is 156 Å². The van der Waals surface area contributed by atoms with Gasteiger partial charge in [-0.15, -0.1) is 11.8 Å². The molecule has 0 radical (unpaired) electrons. The Hall–Kier alpha value is -5.34. The second kappa shape index (κ2) is 15.7. The first-order valence-electron chi connectivity index (χ1n) is 15.3. The topological polar surface area (TPSA) is 87.3 Å². The van der Waals surface area contributed by atoms with E-state index in [2.05, 4.69) is 16.0 Å². The minimum absolute atomic E-state index is 0.0225. The van der Waals surface area contributed by atoms with Gasteiger partial charge in [-0.2, -0.15) is 0 Å². The number of anilines is 2. The summed E-state index contributed by atoms with van der Waals surface area (Å²) in [5.41, 5.74) is 2.91. The zero-order valence-electron chi connectivity index (χ0n) is 25.9. The Bertz CT molecular complexity index is 2150. The molecular weight excluding hydrogens is 673 g/mol. The first-order valence-corrected chi connectivity index (χ1v) is 16.9. The number of fused-ring (bicyclic) bond motifs is 1. The Balaban J connectivity index is 1.21. The van der Waals surface area contributed by atoms with Crippen LogP contribution in [-0.4, -0.2) is 17.7 Å². The first kappa shape index (κ1) is 33.6. The van der Waals surface area contributed by atoms with Gasteiger partial charge >= 0.3 is 0 Å². The Morgan fingerprint density at radius 2 is 1.31 bits per heavy atom. The summed E-state index contributed by atoms with van der Waals surface area (Å²) in [5, 5.41) is 10.7. The largest absolute Gasteiger partial charge is 0.324 e. The van der Waals surface area contributed by atoms with Crippen molar-refractivity contribution in [3.05, 3.63) is 178 Å². The van der Waals surface area contributed by atoms with E-state index >= 15 is 0 Å². The molecule has 1 atom stereocenters. The van der Waals surface area contributed by atoms with Gasteiger partial charge in [0.25, 0.3) is 11.8 Å². The quantitative estimate of drug-likeness (QED) is 0.0980. The van der Waals surface area contributed by atoms with Crippen molar-refractivity contribution in [2.75, 3.05) is 10.6 Å². The van der Waals surface area contributed by atoms with Crippen LogP contribution in [0.4, 0.5) is 11.4 Å². The minimum Gasteiger partial charge on any atom is -0.324 e. The van der Waals surface area contributed by atoms with Crippen molar-refractivity contribution in [1.29, 1.82) is 0 Å². The Kier molecular flexibility index (Phi) is 10.8. The number of carbonyl (C=O) groups excluding carboxylic acids is 3. The molecule has 0 heterocycles. The van der Waals surface area contributed by atoms with Crippen LogP contribution in [0, 0.1) is 0 Å². The summed E-state index contributed by atoms with van der Waals surface area (Å²) in [7, 11) is 0. The highest BCUT2D eigenvalue weighted by atomic mass is 35.5. The molecule has 49 heavy (non-hydrogen) atoms. The molecule has 0 spiro atoms. The third kappa shape index (κ3) is 8.39. The van der Waals surface area contributed by atoms with Crippen LogP contribution in [0.5, 0.6) is 0 Å². The van der Waals surface area contributed by atoms with Gasteiger partial charge in [0.2, 0.25) is 5.91 Å². The number of hydrogen-bond donors (Lipinski definition) is 3. The zero-order valence-corrected chi connectivity index (χ0v) is 28.2. The summed E-state index contributed by atoms with van der Waals surface area (Å²) in [4.78, 5) is 41.2. The third-order valence-electron chi connectivity index (χ3n) is 7.56. The molecule has 3 N–H and O–H groups in total. The van der Waals surface area contributed by atoms with Crippen molar-refractivity contribution < 1.29 is 14.4 Å². The summed E-state index contributed by atoms with van der Waals surface area (Å²) in [6, 6.07) is 44.1. The van der Waals surface area contributed by atoms with Crippen molar-refractivity contribution in [3.8, 4) is 0 Å². The standard InChI is InChI=1S/C40H29Cl2N3O3S/c41-33-19-9-17-29(36(33)42)25-35(45-38(46)28-14-5-2-6-15-28)39(47)43-30-21-23-31(24-22-30)49-37(27-12-3-1-4-13-27)40(48)44-34-20-10-16-26-11-7-8-18-32(26)34/h1-25,37H,(H,43,47)(H,44,48)(H,45,46)/b35-25-. The van der Waals surface area contributed by atoms with Gasteiger partial charge in [0, 0.05) is 27.2 Å². The van der Waals surface area contributed by atoms with E-state index in [1.165, 1.54) is 17.8 Å².